The van der Waals surface area contributed by atoms with Gasteiger partial charge in [0, 0.05) is 36.0 Å². The Morgan fingerprint density at radius 2 is 2.00 bits per heavy atom. The van der Waals surface area contributed by atoms with E-state index in [1.54, 1.807) is 10.6 Å². The van der Waals surface area contributed by atoms with Gasteiger partial charge in [0.15, 0.2) is 8.32 Å². The van der Waals surface area contributed by atoms with Crippen LogP contribution < -0.4 is 5.56 Å². The first-order chi connectivity index (χ1) is 11.1. The molecular formula is C18H28N2O3Si. The SMILES string of the molecule is Cc1nc2c(CO[Si](C)(C)C(C)(C)C)cccn2c(=O)c1CCO. The lowest BCUT2D eigenvalue weighted by atomic mass is 10.1. The molecule has 2 heterocycles. The maximum absolute atomic E-state index is 12.6. The van der Waals surface area contributed by atoms with Crippen LogP contribution >= 0.6 is 0 Å². The first kappa shape index (κ1) is 18.8. The number of rotatable bonds is 5. The lowest BCUT2D eigenvalue weighted by Gasteiger charge is -2.36. The predicted molar refractivity (Wildman–Crippen MR) is 99.0 cm³/mol. The van der Waals surface area contributed by atoms with Crippen LogP contribution in [0.3, 0.4) is 0 Å². The Labute approximate surface area is 144 Å². The Bertz CT molecular complexity index is 791. The van der Waals surface area contributed by atoms with Crippen LogP contribution in [0.4, 0.5) is 0 Å². The minimum atomic E-state index is -1.87. The zero-order valence-electron chi connectivity index (χ0n) is 15.5. The molecule has 0 aliphatic carbocycles. The highest BCUT2D eigenvalue weighted by molar-refractivity contribution is 6.74. The molecule has 6 heteroatoms. The molecule has 0 aliphatic heterocycles. The van der Waals surface area contributed by atoms with Gasteiger partial charge in [0.05, 0.1) is 6.61 Å². The van der Waals surface area contributed by atoms with E-state index in [4.69, 9.17) is 9.53 Å². The predicted octanol–water partition coefficient (Wildman–Crippen LogP) is 3.06. The maximum Gasteiger partial charge on any atom is 0.261 e. The first-order valence-electron chi connectivity index (χ1n) is 8.33. The van der Waals surface area contributed by atoms with Gasteiger partial charge in [-0.2, -0.15) is 0 Å². The monoisotopic (exact) mass is 348 g/mol. The smallest absolute Gasteiger partial charge is 0.261 e. The lowest BCUT2D eigenvalue weighted by Crippen LogP contribution is -2.40. The minimum absolute atomic E-state index is 0.0575. The summed E-state index contributed by atoms with van der Waals surface area (Å²) in [6, 6.07) is 3.80. The minimum Gasteiger partial charge on any atom is -0.412 e. The zero-order chi connectivity index (χ0) is 18.1. The van der Waals surface area contributed by atoms with Crippen molar-refractivity contribution >= 4 is 14.0 Å². The van der Waals surface area contributed by atoms with Gasteiger partial charge in [-0.05, 0) is 31.1 Å². The van der Waals surface area contributed by atoms with Crippen molar-refractivity contribution in [2.24, 2.45) is 0 Å². The van der Waals surface area contributed by atoms with Crippen LogP contribution in [0.1, 0.15) is 37.6 Å². The van der Waals surface area contributed by atoms with Crippen LogP contribution in [0, 0.1) is 6.92 Å². The molecule has 0 saturated carbocycles. The van der Waals surface area contributed by atoms with Crippen molar-refractivity contribution in [2.45, 2.75) is 58.9 Å². The van der Waals surface area contributed by atoms with Crippen molar-refractivity contribution in [1.82, 2.24) is 9.38 Å². The van der Waals surface area contributed by atoms with Gasteiger partial charge in [0.25, 0.3) is 5.56 Å². The van der Waals surface area contributed by atoms with Gasteiger partial charge >= 0.3 is 0 Å². The quantitative estimate of drug-likeness (QED) is 0.844. The number of aliphatic hydroxyl groups is 1. The zero-order valence-corrected chi connectivity index (χ0v) is 16.5. The highest BCUT2D eigenvalue weighted by atomic mass is 28.4. The van der Waals surface area contributed by atoms with Crippen molar-refractivity contribution < 1.29 is 9.53 Å². The van der Waals surface area contributed by atoms with Crippen LogP contribution in [-0.4, -0.2) is 29.4 Å². The average molecular weight is 349 g/mol. The van der Waals surface area contributed by atoms with Crippen molar-refractivity contribution in [2.75, 3.05) is 6.61 Å². The molecule has 0 aromatic carbocycles. The molecule has 2 aromatic rings. The summed E-state index contributed by atoms with van der Waals surface area (Å²) in [4.78, 5) is 17.2. The summed E-state index contributed by atoms with van der Waals surface area (Å²) in [5.41, 5.74) is 2.69. The molecule has 0 atom stereocenters. The molecule has 0 radical (unpaired) electrons. The summed E-state index contributed by atoms with van der Waals surface area (Å²) in [7, 11) is -1.87. The average Bonchev–Trinajstić information content (AvgIpc) is 2.48. The van der Waals surface area contributed by atoms with E-state index in [2.05, 4.69) is 38.8 Å². The molecule has 0 bridgehead atoms. The summed E-state index contributed by atoms with van der Waals surface area (Å²) < 4.78 is 7.85. The van der Waals surface area contributed by atoms with E-state index in [0.717, 1.165) is 5.56 Å². The van der Waals surface area contributed by atoms with E-state index in [9.17, 15) is 4.79 Å². The number of fused-ring (bicyclic) bond motifs is 1. The lowest BCUT2D eigenvalue weighted by molar-refractivity contribution is 0.277. The molecule has 2 aromatic heterocycles. The fourth-order valence-corrected chi connectivity index (χ4v) is 3.30. The molecule has 2 rings (SSSR count). The largest absolute Gasteiger partial charge is 0.412 e. The van der Waals surface area contributed by atoms with Gasteiger partial charge in [0.1, 0.15) is 5.65 Å². The second-order valence-corrected chi connectivity index (χ2v) is 12.5. The van der Waals surface area contributed by atoms with E-state index in [1.165, 1.54) is 0 Å². The molecule has 0 aliphatic rings. The number of nitrogens with zero attached hydrogens (tertiary/aromatic N) is 2. The molecule has 24 heavy (non-hydrogen) atoms. The highest BCUT2D eigenvalue weighted by Gasteiger charge is 2.37. The number of hydrogen-bond donors (Lipinski definition) is 1. The van der Waals surface area contributed by atoms with Crippen LogP contribution in [0.2, 0.25) is 18.1 Å². The molecule has 1 N–H and O–H groups in total. The molecule has 0 saturated heterocycles. The number of hydrogen-bond acceptors (Lipinski definition) is 4. The van der Waals surface area contributed by atoms with E-state index in [0.29, 0.717) is 29.9 Å². The number of aromatic nitrogens is 2. The normalized spacial score (nSPS) is 12.8. The van der Waals surface area contributed by atoms with Gasteiger partial charge in [-0.3, -0.25) is 9.20 Å². The Morgan fingerprint density at radius 1 is 1.33 bits per heavy atom. The van der Waals surface area contributed by atoms with Crippen molar-refractivity contribution in [1.29, 1.82) is 0 Å². The topological polar surface area (TPSA) is 63.8 Å². The van der Waals surface area contributed by atoms with Crippen LogP contribution in [-0.2, 0) is 17.5 Å². The molecule has 0 amide bonds. The van der Waals surface area contributed by atoms with Crippen molar-refractivity contribution in [3.8, 4) is 0 Å². The van der Waals surface area contributed by atoms with E-state index in [1.807, 2.05) is 19.1 Å². The number of aliphatic hydroxyl groups excluding tert-OH is 1. The van der Waals surface area contributed by atoms with Crippen LogP contribution in [0.25, 0.3) is 5.65 Å². The van der Waals surface area contributed by atoms with E-state index >= 15 is 0 Å². The fourth-order valence-electron chi connectivity index (χ4n) is 2.35. The third-order valence-corrected chi connectivity index (χ3v) is 9.47. The van der Waals surface area contributed by atoms with E-state index < -0.39 is 8.32 Å². The second kappa shape index (κ2) is 6.78. The number of aryl methyl sites for hydroxylation is 1. The molecule has 0 unspecified atom stereocenters. The third kappa shape index (κ3) is 3.60. The summed E-state index contributed by atoms with van der Waals surface area (Å²) in [6.07, 6.45) is 2.05. The second-order valence-electron chi connectivity index (χ2n) is 7.73. The molecule has 0 fully saturated rings. The summed E-state index contributed by atoms with van der Waals surface area (Å²) in [5, 5.41) is 9.28. The van der Waals surface area contributed by atoms with Crippen LogP contribution in [0.5, 0.6) is 0 Å². The fraction of sp³-hybridized carbons (Fsp3) is 0.556. The Morgan fingerprint density at radius 3 is 2.58 bits per heavy atom. The van der Waals surface area contributed by atoms with Crippen molar-refractivity contribution in [3.05, 3.63) is 45.5 Å². The van der Waals surface area contributed by atoms with Gasteiger partial charge < -0.3 is 9.53 Å². The standard InChI is InChI=1S/C18H28N2O3Si/c1-13-15(9-11-21)17(22)20-10-7-8-14(16(20)19-13)12-23-24(5,6)18(2,3)4/h7-8,10,21H,9,11-12H2,1-6H3. The Balaban J connectivity index is 2.45. The van der Waals surface area contributed by atoms with Crippen molar-refractivity contribution in [3.63, 3.8) is 0 Å². The summed E-state index contributed by atoms with van der Waals surface area (Å²) >= 11 is 0. The molecular weight excluding hydrogens is 320 g/mol. The maximum atomic E-state index is 12.6. The van der Waals surface area contributed by atoms with Gasteiger partial charge in [-0.1, -0.05) is 26.8 Å². The van der Waals surface area contributed by atoms with Gasteiger partial charge in [-0.25, -0.2) is 4.98 Å². The Kier molecular flexibility index (Phi) is 5.32. The summed E-state index contributed by atoms with van der Waals surface area (Å²) in [5.74, 6) is 0. The van der Waals surface area contributed by atoms with Crippen LogP contribution in [0.15, 0.2) is 23.1 Å². The third-order valence-electron chi connectivity index (χ3n) is 4.99. The molecule has 0 spiro atoms. The number of pyridine rings is 1. The van der Waals surface area contributed by atoms with Gasteiger partial charge in [-0.15, -0.1) is 0 Å². The van der Waals surface area contributed by atoms with Gasteiger partial charge in [0.2, 0.25) is 0 Å². The molecule has 132 valence electrons. The highest BCUT2D eigenvalue weighted by Crippen LogP contribution is 2.37. The first-order valence-corrected chi connectivity index (χ1v) is 11.2. The Hall–Kier alpha value is -1.50. The summed E-state index contributed by atoms with van der Waals surface area (Å²) in [6.45, 7) is 13.2. The molecule has 5 nitrogen and oxygen atoms in total. The van der Waals surface area contributed by atoms with E-state index in [-0.39, 0.29) is 17.2 Å².